The Morgan fingerprint density at radius 2 is 1.94 bits per heavy atom. The number of rotatable bonds is 5. The van der Waals surface area contributed by atoms with Crippen molar-refractivity contribution in [2.45, 2.75) is 26.2 Å². The van der Waals surface area contributed by atoms with E-state index in [2.05, 4.69) is 6.92 Å². The molecule has 0 fully saturated rings. The molecule has 0 bridgehead atoms. The van der Waals surface area contributed by atoms with Crippen molar-refractivity contribution < 1.29 is 4.79 Å². The summed E-state index contributed by atoms with van der Waals surface area (Å²) in [5.41, 5.74) is 6.14. The van der Waals surface area contributed by atoms with Crippen LogP contribution in [0.3, 0.4) is 0 Å². The fraction of sp³-hybridized carbons (Fsp3) is 0.417. The SMILES string of the molecule is CCCCCN(C(N)=O)c1ccc(Cl)cc1. The molecule has 1 aromatic rings. The number of primary amides is 1. The number of anilines is 1. The maximum Gasteiger partial charge on any atom is 0.319 e. The third kappa shape index (κ3) is 3.74. The molecule has 0 aliphatic heterocycles. The zero-order valence-electron chi connectivity index (χ0n) is 9.45. The lowest BCUT2D eigenvalue weighted by molar-refractivity contribution is 0.253. The van der Waals surface area contributed by atoms with Crippen molar-refractivity contribution in [3.63, 3.8) is 0 Å². The second-order valence-corrected chi connectivity index (χ2v) is 4.11. The van der Waals surface area contributed by atoms with Gasteiger partial charge in [0.15, 0.2) is 0 Å². The van der Waals surface area contributed by atoms with E-state index < -0.39 is 6.03 Å². The van der Waals surface area contributed by atoms with E-state index in [0.29, 0.717) is 11.6 Å². The number of carbonyl (C=O) groups excluding carboxylic acids is 1. The Morgan fingerprint density at radius 3 is 2.44 bits per heavy atom. The molecule has 3 nitrogen and oxygen atoms in total. The summed E-state index contributed by atoms with van der Waals surface area (Å²) in [7, 11) is 0. The second kappa shape index (κ2) is 6.38. The number of carbonyl (C=O) groups is 1. The number of hydrogen-bond acceptors (Lipinski definition) is 1. The molecular weight excluding hydrogens is 224 g/mol. The Balaban J connectivity index is 2.69. The van der Waals surface area contributed by atoms with E-state index in [0.717, 1.165) is 24.9 Å². The van der Waals surface area contributed by atoms with Gasteiger partial charge in [0, 0.05) is 17.3 Å². The van der Waals surface area contributed by atoms with Gasteiger partial charge in [0.05, 0.1) is 0 Å². The van der Waals surface area contributed by atoms with Crippen molar-refractivity contribution in [1.29, 1.82) is 0 Å². The first-order chi connectivity index (χ1) is 7.65. The van der Waals surface area contributed by atoms with E-state index in [9.17, 15) is 4.79 Å². The zero-order chi connectivity index (χ0) is 12.0. The summed E-state index contributed by atoms with van der Waals surface area (Å²) in [6.45, 7) is 2.78. The summed E-state index contributed by atoms with van der Waals surface area (Å²) >= 11 is 5.79. The Labute approximate surface area is 101 Å². The van der Waals surface area contributed by atoms with Gasteiger partial charge in [0.2, 0.25) is 0 Å². The average molecular weight is 241 g/mol. The van der Waals surface area contributed by atoms with Crippen LogP contribution in [0.1, 0.15) is 26.2 Å². The van der Waals surface area contributed by atoms with Gasteiger partial charge in [0.1, 0.15) is 0 Å². The summed E-state index contributed by atoms with van der Waals surface area (Å²) in [5.74, 6) is 0. The Kier molecular flexibility index (Phi) is 5.12. The van der Waals surface area contributed by atoms with E-state index in [-0.39, 0.29) is 0 Å². The van der Waals surface area contributed by atoms with Crippen molar-refractivity contribution in [3.8, 4) is 0 Å². The van der Waals surface area contributed by atoms with Crippen LogP contribution in [-0.2, 0) is 0 Å². The first-order valence-electron chi connectivity index (χ1n) is 5.47. The number of nitrogens with two attached hydrogens (primary N) is 1. The van der Waals surface area contributed by atoms with Crippen LogP contribution in [0.2, 0.25) is 5.02 Å². The molecule has 88 valence electrons. The van der Waals surface area contributed by atoms with E-state index >= 15 is 0 Å². The molecule has 0 saturated heterocycles. The maximum absolute atomic E-state index is 11.3. The van der Waals surface area contributed by atoms with Crippen molar-refractivity contribution in [2.75, 3.05) is 11.4 Å². The van der Waals surface area contributed by atoms with Gasteiger partial charge in [-0.1, -0.05) is 31.4 Å². The average Bonchev–Trinajstić information content (AvgIpc) is 2.26. The third-order valence-corrected chi connectivity index (χ3v) is 2.64. The third-order valence-electron chi connectivity index (χ3n) is 2.39. The van der Waals surface area contributed by atoms with Crippen molar-refractivity contribution in [2.24, 2.45) is 5.73 Å². The molecule has 1 rings (SSSR count). The first kappa shape index (κ1) is 12.8. The minimum atomic E-state index is -0.418. The van der Waals surface area contributed by atoms with Crippen LogP contribution in [-0.4, -0.2) is 12.6 Å². The van der Waals surface area contributed by atoms with Crippen LogP contribution < -0.4 is 10.6 Å². The standard InChI is InChI=1S/C12H17ClN2O/c1-2-3-4-9-15(12(14)16)11-7-5-10(13)6-8-11/h5-8H,2-4,9H2,1H3,(H2,14,16). The molecular formula is C12H17ClN2O. The van der Waals surface area contributed by atoms with Crippen LogP contribution in [0.25, 0.3) is 0 Å². The van der Waals surface area contributed by atoms with E-state index in [1.54, 1.807) is 29.2 Å². The monoisotopic (exact) mass is 240 g/mol. The second-order valence-electron chi connectivity index (χ2n) is 3.67. The van der Waals surface area contributed by atoms with E-state index in [1.165, 1.54) is 0 Å². The molecule has 1 aromatic carbocycles. The summed E-state index contributed by atoms with van der Waals surface area (Å²) in [6.07, 6.45) is 3.17. The predicted octanol–water partition coefficient (Wildman–Crippen LogP) is 3.42. The summed E-state index contributed by atoms with van der Waals surface area (Å²) in [6, 6.07) is 6.70. The highest BCUT2D eigenvalue weighted by molar-refractivity contribution is 6.30. The molecule has 0 unspecified atom stereocenters. The molecule has 0 aromatic heterocycles. The lowest BCUT2D eigenvalue weighted by atomic mass is 10.2. The highest BCUT2D eigenvalue weighted by Gasteiger charge is 2.11. The largest absolute Gasteiger partial charge is 0.351 e. The predicted molar refractivity (Wildman–Crippen MR) is 67.9 cm³/mol. The quantitative estimate of drug-likeness (QED) is 0.788. The van der Waals surface area contributed by atoms with Gasteiger partial charge in [-0.15, -0.1) is 0 Å². The number of hydrogen-bond donors (Lipinski definition) is 1. The topological polar surface area (TPSA) is 46.3 Å². The lowest BCUT2D eigenvalue weighted by Gasteiger charge is -2.20. The molecule has 16 heavy (non-hydrogen) atoms. The molecule has 0 heterocycles. The van der Waals surface area contributed by atoms with Gasteiger partial charge in [0.25, 0.3) is 0 Å². The number of unbranched alkanes of at least 4 members (excludes halogenated alkanes) is 2. The first-order valence-corrected chi connectivity index (χ1v) is 5.85. The number of benzene rings is 1. The van der Waals surface area contributed by atoms with Crippen LogP contribution in [0.4, 0.5) is 10.5 Å². The van der Waals surface area contributed by atoms with Crippen molar-refractivity contribution >= 4 is 23.3 Å². The highest BCUT2D eigenvalue weighted by Crippen LogP contribution is 2.18. The van der Waals surface area contributed by atoms with Crippen LogP contribution in [0, 0.1) is 0 Å². The molecule has 0 radical (unpaired) electrons. The van der Waals surface area contributed by atoms with E-state index in [1.807, 2.05) is 0 Å². The van der Waals surface area contributed by atoms with Gasteiger partial charge < -0.3 is 5.73 Å². The summed E-state index contributed by atoms with van der Waals surface area (Å²) in [5, 5.41) is 0.654. The van der Waals surface area contributed by atoms with Gasteiger partial charge in [-0.25, -0.2) is 4.79 Å². The van der Waals surface area contributed by atoms with Gasteiger partial charge in [-0.05, 0) is 30.7 Å². The Bertz CT molecular complexity index is 337. The number of nitrogens with zero attached hydrogens (tertiary/aromatic N) is 1. The number of urea groups is 1. The molecule has 0 spiro atoms. The number of halogens is 1. The molecule has 0 atom stereocenters. The van der Waals surface area contributed by atoms with Crippen molar-refractivity contribution in [3.05, 3.63) is 29.3 Å². The summed E-state index contributed by atoms with van der Waals surface area (Å²) < 4.78 is 0. The minimum Gasteiger partial charge on any atom is -0.351 e. The number of amides is 2. The molecule has 0 aliphatic rings. The fourth-order valence-electron chi connectivity index (χ4n) is 1.51. The molecule has 4 heteroatoms. The normalized spacial score (nSPS) is 10.1. The molecule has 0 saturated carbocycles. The maximum atomic E-state index is 11.3. The smallest absolute Gasteiger partial charge is 0.319 e. The highest BCUT2D eigenvalue weighted by atomic mass is 35.5. The van der Waals surface area contributed by atoms with Crippen molar-refractivity contribution in [1.82, 2.24) is 0 Å². The van der Waals surface area contributed by atoms with Crippen LogP contribution >= 0.6 is 11.6 Å². The van der Waals surface area contributed by atoms with Gasteiger partial charge in [-0.3, -0.25) is 4.90 Å². The Morgan fingerprint density at radius 1 is 1.31 bits per heavy atom. The summed E-state index contributed by atoms with van der Waals surface area (Å²) in [4.78, 5) is 12.9. The van der Waals surface area contributed by atoms with Crippen LogP contribution in [0.15, 0.2) is 24.3 Å². The molecule has 0 aliphatic carbocycles. The molecule has 2 amide bonds. The fourth-order valence-corrected chi connectivity index (χ4v) is 1.63. The Hall–Kier alpha value is -1.22. The molecule has 2 N–H and O–H groups in total. The van der Waals surface area contributed by atoms with Gasteiger partial charge in [-0.2, -0.15) is 0 Å². The lowest BCUT2D eigenvalue weighted by Crippen LogP contribution is -2.36. The minimum absolute atomic E-state index is 0.418. The van der Waals surface area contributed by atoms with Crippen LogP contribution in [0.5, 0.6) is 0 Å². The van der Waals surface area contributed by atoms with E-state index in [4.69, 9.17) is 17.3 Å². The zero-order valence-corrected chi connectivity index (χ0v) is 10.2. The van der Waals surface area contributed by atoms with Gasteiger partial charge >= 0.3 is 6.03 Å².